The number of carbonyl (C=O) groups is 1. The molecule has 0 amide bonds. The third kappa shape index (κ3) is 2.46. The maximum atomic E-state index is 11.5. The summed E-state index contributed by atoms with van der Waals surface area (Å²) in [7, 11) is 0. The van der Waals surface area contributed by atoms with Gasteiger partial charge in [0, 0.05) is 5.69 Å². The van der Waals surface area contributed by atoms with Gasteiger partial charge in [0.15, 0.2) is 0 Å². The maximum Gasteiger partial charge on any atom is 0.354 e. The molecule has 3 heteroatoms. The van der Waals surface area contributed by atoms with Crippen molar-refractivity contribution >= 4 is 5.97 Å². The van der Waals surface area contributed by atoms with E-state index in [9.17, 15) is 4.79 Å². The molecule has 2 rings (SSSR count). The van der Waals surface area contributed by atoms with Gasteiger partial charge in [-0.1, -0.05) is 19.3 Å². The van der Waals surface area contributed by atoms with Crippen LogP contribution in [-0.2, 0) is 4.74 Å². The number of hydrogen-bond donors (Lipinski definition) is 1. The van der Waals surface area contributed by atoms with E-state index in [-0.39, 0.29) is 5.97 Å². The summed E-state index contributed by atoms with van der Waals surface area (Å²) in [6.07, 6.45) is 6.43. The lowest BCUT2D eigenvalue weighted by atomic mass is 9.87. The monoisotopic (exact) mass is 221 g/mol. The van der Waals surface area contributed by atoms with Crippen LogP contribution in [0.3, 0.4) is 0 Å². The van der Waals surface area contributed by atoms with Crippen LogP contribution in [0.1, 0.15) is 61.1 Å². The third-order valence-corrected chi connectivity index (χ3v) is 3.25. The summed E-state index contributed by atoms with van der Waals surface area (Å²) in [5, 5.41) is 0. The van der Waals surface area contributed by atoms with Crippen LogP contribution in [0.2, 0.25) is 0 Å². The second-order valence-corrected chi connectivity index (χ2v) is 4.38. The molecule has 0 unspecified atom stereocenters. The Labute approximate surface area is 96.2 Å². The van der Waals surface area contributed by atoms with Gasteiger partial charge in [0.2, 0.25) is 0 Å². The number of nitrogens with one attached hydrogen (secondary N) is 1. The van der Waals surface area contributed by atoms with Crippen LogP contribution in [0.4, 0.5) is 0 Å². The van der Waals surface area contributed by atoms with Crippen molar-refractivity contribution in [1.82, 2.24) is 4.98 Å². The smallest absolute Gasteiger partial charge is 0.354 e. The molecule has 1 aromatic rings. The number of hydrogen-bond acceptors (Lipinski definition) is 2. The van der Waals surface area contributed by atoms with Crippen molar-refractivity contribution in [2.75, 3.05) is 6.61 Å². The molecular formula is C13H19NO2. The lowest BCUT2D eigenvalue weighted by Crippen LogP contribution is -2.07. The van der Waals surface area contributed by atoms with Crippen molar-refractivity contribution in [3.63, 3.8) is 0 Å². The van der Waals surface area contributed by atoms with Gasteiger partial charge in [-0.2, -0.15) is 0 Å². The van der Waals surface area contributed by atoms with E-state index in [4.69, 9.17) is 4.74 Å². The van der Waals surface area contributed by atoms with Crippen LogP contribution < -0.4 is 0 Å². The van der Waals surface area contributed by atoms with Gasteiger partial charge in [0.25, 0.3) is 0 Å². The first kappa shape index (κ1) is 11.2. The summed E-state index contributed by atoms with van der Waals surface area (Å²) in [6, 6.07) is 3.87. The molecule has 1 aromatic heterocycles. The number of aromatic amines is 1. The highest BCUT2D eigenvalue weighted by atomic mass is 16.5. The maximum absolute atomic E-state index is 11.5. The molecule has 1 N–H and O–H groups in total. The Kier molecular flexibility index (Phi) is 3.65. The highest BCUT2D eigenvalue weighted by molar-refractivity contribution is 5.87. The van der Waals surface area contributed by atoms with Gasteiger partial charge in [0.1, 0.15) is 5.69 Å². The minimum absolute atomic E-state index is 0.246. The van der Waals surface area contributed by atoms with Crippen molar-refractivity contribution in [3.05, 3.63) is 23.5 Å². The van der Waals surface area contributed by atoms with Crippen molar-refractivity contribution in [2.24, 2.45) is 0 Å². The highest BCUT2D eigenvalue weighted by Crippen LogP contribution is 2.31. The summed E-state index contributed by atoms with van der Waals surface area (Å²) in [5.41, 5.74) is 1.78. The minimum atomic E-state index is -0.246. The largest absolute Gasteiger partial charge is 0.461 e. The zero-order chi connectivity index (χ0) is 11.4. The fourth-order valence-electron chi connectivity index (χ4n) is 2.39. The Morgan fingerprint density at radius 3 is 2.81 bits per heavy atom. The van der Waals surface area contributed by atoms with E-state index in [1.54, 1.807) is 0 Å². The summed E-state index contributed by atoms with van der Waals surface area (Å²) in [5.74, 6) is 0.362. The van der Waals surface area contributed by atoms with Gasteiger partial charge in [0.05, 0.1) is 6.61 Å². The quantitative estimate of drug-likeness (QED) is 0.796. The van der Waals surface area contributed by atoms with Gasteiger partial charge in [-0.25, -0.2) is 4.79 Å². The lowest BCUT2D eigenvalue weighted by Gasteiger charge is -2.20. The fraction of sp³-hybridized carbons (Fsp3) is 0.615. The van der Waals surface area contributed by atoms with E-state index in [1.807, 2.05) is 19.1 Å². The molecule has 0 saturated heterocycles. The summed E-state index contributed by atoms with van der Waals surface area (Å²) < 4.78 is 4.96. The molecule has 0 aliphatic heterocycles. The molecule has 16 heavy (non-hydrogen) atoms. The van der Waals surface area contributed by atoms with Gasteiger partial charge in [-0.05, 0) is 37.8 Å². The molecule has 88 valence electrons. The fourth-order valence-corrected chi connectivity index (χ4v) is 2.39. The summed E-state index contributed by atoms with van der Waals surface area (Å²) in [4.78, 5) is 14.7. The molecule has 3 nitrogen and oxygen atoms in total. The van der Waals surface area contributed by atoms with Crippen LogP contribution in [0, 0.1) is 0 Å². The molecule has 1 aliphatic rings. The van der Waals surface area contributed by atoms with E-state index >= 15 is 0 Å². The van der Waals surface area contributed by atoms with Crippen molar-refractivity contribution < 1.29 is 9.53 Å². The number of carbonyl (C=O) groups excluding carboxylic acids is 1. The van der Waals surface area contributed by atoms with Crippen LogP contribution in [-0.4, -0.2) is 17.6 Å². The zero-order valence-corrected chi connectivity index (χ0v) is 9.79. The van der Waals surface area contributed by atoms with Crippen molar-refractivity contribution in [2.45, 2.75) is 44.9 Å². The van der Waals surface area contributed by atoms with Crippen LogP contribution in [0.15, 0.2) is 12.1 Å². The van der Waals surface area contributed by atoms with Crippen LogP contribution >= 0.6 is 0 Å². The average Bonchev–Trinajstić information content (AvgIpc) is 2.80. The normalized spacial score (nSPS) is 17.3. The van der Waals surface area contributed by atoms with Crippen LogP contribution in [0.5, 0.6) is 0 Å². The average molecular weight is 221 g/mol. The minimum Gasteiger partial charge on any atom is -0.461 e. The first-order valence-corrected chi connectivity index (χ1v) is 6.17. The number of rotatable bonds is 3. The molecule has 0 radical (unpaired) electrons. The van der Waals surface area contributed by atoms with Gasteiger partial charge >= 0.3 is 5.97 Å². The first-order chi connectivity index (χ1) is 7.81. The predicted molar refractivity (Wildman–Crippen MR) is 62.6 cm³/mol. The van der Waals surface area contributed by atoms with Crippen molar-refractivity contribution in [1.29, 1.82) is 0 Å². The Morgan fingerprint density at radius 1 is 1.38 bits per heavy atom. The van der Waals surface area contributed by atoms with E-state index in [0.717, 1.165) is 0 Å². The summed E-state index contributed by atoms with van der Waals surface area (Å²) >= 11 is 0. The second-order valence-electron chi connectivity index (χ2n) is 4.38. The molecule has 0 bridgehead atoms. The number of aromatic nitrogens is 1. The standard InChI is InChI=1S/C13H19NO2/c1-2-16-13(15)12-9-8-11(14-12)10-6-4-3-5-7-10/h8-10,14H,2-7H2,1H3. The van der Waals surface area contributed by atoms with Gasteiger partial charge in [-0.15, -0.1) is 0 Å². The Hall–Kier alpha value is -1.25. The van der Waals surface area contributed by atoms with E-state index in [2.05, 4.69) is 4.98 Å². The third-order valence-electron chi connectivity index (χ3n) is 3.25. The number of ether oxygens (including phenoxy) is 1. The molecule has 1 heterocycles. The zero-order valence-electron chi connectivity index (χ0n) is 9.79. The molecule has 0 atom stereocenters. The number of esters is 1. The first-order valence-electron chi connectivity index (χ1n) is 6.17. The molecule has 1 fully saturated rings. The lowest BCUT2D eigenvalue weighted by molar-refractivity contribution is 0.0520. The predicted octanol–water partition coefficient (Wildman–Crippen LogP) is 3.24. The Morgan fingerprint density at radius 2 is 2.12 bits per heavy atom. The second kappa shape index (κ2) is 5.19. The molecule has 1 aliphatic carbocycles. The SMILES string of the molecule is CCOC(=O)c1ccc(C2CCCCC2)[nH]1. The Balaban J connectivity index is 2.03. The van der Waals surface area contributed by atoms with E-state index < -0.39 is 0 Å². The van der Waals surface area contributed by atoms with Gasteiger partial charge < -0.3 is 9.72 Å². The highest BCUT2D eigenvalue weighted by Gasteiger charge is 2.18. The molecule has 0 aromatic carbocycles. The Bertz CT molecular complexity index is 351. The molecule has 0 spiro atoms. The van der Waals surface area contributed by atoms with Crippen molar-refractivity contribution in [3.8, 4) is 0 Å². The van der Waals surface area contributed by atoms with E-state index in [1.165, 1.54) is 37.8 Å². The molecule has 1 saturated carbocycles. The summed E-state index contributed by atoms with van der Waals surface area (Å²) in [6.45, 7) is 2.25. The van der Waals surface area contributed by atoms with Crippen LogP contribution in [0.25, 0.3) is 0 Å². The molecular weight excluding hydrogens is 202 g/mol. The topological polar surface area (TPSA) is 42.1 Å². The number of H-pyrrole nitrogens is 1. The van der Waals surface area contributed by atoms with E-state index in [0.29, 0.717) is 18.2 Å². The van der Waals surface area contributed by atoms with Gasteiger partial charge in [-0.3, -0.25) is 0 Å².